The largest absolute Gasteiger partial charge is 0.496 e. The van der Waals surface area contributed by atoms with Gasteiger partial charge in [0.1, 0.15) is 5.75 Å². The van der Waals surface area contributed by atoms with Gasteiger partial charge in [-0.2, -0.15) is 11.3 Å². The molecule has 0 aliphatic carbocycles. The molecule has 1 aromatic heterocycles. The van der Waals surface area contributed by atoms with Crippen molar-refractivity contribution in [3.8, 4) is 5.75 Å². The normalized spacial score (nSPS) is 12.4. The lowest BCUT2D eigenvalue weighted by Gasteiger charge is -2.15. The van der Waals surface area contributed by atoms with Crippen molar-refractivity contribution < 1.29 is 4.74 Å². The highest BCUT2D eigenvalue weighted by Gasteiger charge is 2.14. The van der Waals surface area contributed by atoms with Crippen molar-refractivity contribution in [1.82, 2.24) is 0 Å². The number of halogens is 1. The number of methoxy groups -OCH3 is 1. The minimum Gasteiger partial charge on any atom is -0.496 e. The van der Waals surface area contributed by atoms with Crippen LogP contribution >= 0.6 is 22.9 Å². The Kier molecular flexibility index (Phi) is 3.49. The molecule has 0 aliphatic rings. The van der Waals surface area contributed by atoms with Crippen molar-refractivity contribution >= 4 is 22.9 Å². The van der Waals surface area contributed by atoms with E-state index in [2.05, 4.69) is 0 Å². The quantitative estimate of drug-likeness (QED) is 0.909. The average Bonchev–Trinajstić information content (AvgIpc) is 2.81. The van der Waals surface area contributed by atoms with Crippen LogP contribution in [0.25, 0.3) is 0 Å². The lowest BCUT2D eigenvalue weighted by molar-refractivity contribution is 0.408. The second kappa shape index (κ2) is 4.87. The van der Waals surface area contributed by atoms with E-state index in [-0.39, 0.29) is 6.04 Å². The van der Waals surface area contributed by atoms with E-state index >= 15 is 0 Å². The van der Waals surface area contributed by atoms with E-state index in [1.165, 1.54) is 0 Å². The summed E-state index contributed by atoms with van der Waals surface area (Å²) in [5, 5.41) is 4.71. The highest BCUT2D eigenvalue weighted by atomic mass is 35.5. The maximum Gasteiger partial charge on any atom is 0.124 e. The Labute approximate surface area is 104 Å². The van der Waals surface area contributed by atoms with E-state index in [0.29, 0.717) is 5.02 Å². The Morgan fingerprint density at radius 1 is 1.38 bits per heavy atom. The van der Waals surface area contributed by atoms with Gasteiger partial charge in [-0.25, -0.2) is 0 Å². The van der Waals surface area contributed by atoms with Crippen LogP contribution in [0.2, 0.25) is 5.02 Å². The fraction of sp³-hybridized carbons (Fsp3) is 0.167. The van der Waals surface area contributed by atoms with Crippen LogP contribution in [0.4, 0.5) is 0 Å². The third kappa shape index (κ3) is 2.21. The summed E-state index contributed by atoms with van der Waals surface area (Å²) in [6, 6.07) is 7.30. The lowest BCUT2D eigenvalue weighted by Crippen LogP contribution is -2.12. The zero-order chi connectivity index (χ0) is 11.5. The van der Waals surface area contributed by atoms with Gasteiger partial charge in [-0.15, -0.1) is 0 Å². The standard InChI is InChI=1S/C12H12ClNOS/c1-15-11-3-2-9(13)6-10(11)12(14)8-4-5-16-7-8/h2-7,12H,14H2,1H3/t12-/m1/s1. The summed E-state index contributed by atoms with van der Waals surface area (Å²) in [5.41, 5.74) is 8.16. The third-order valence-electron chi connectivity index (χ3n) is 2.43. The van der Waals surface area contributed by atoms with Crippen LogP contribution in [0.15, 0.2) is 35.0 Å². The predicted molar refractivity (Wildman–Crippen MR) is 68.4 cm³/mol. The zero-order valence-electron chi connectivity index (χ0n) is 8.81. The summed E-state index contributed by atoms with van der Waals surface area (Å²) in [4.78, 5) is 0. The molecule has 0 saturated carbocycles. The fourth-order valence-corrected chi connectivity index (χ4v) is 2.46. The fourth-order valence-electron chi connectivity index (χ4n) is 1.58. The van der Waals surface area contributed by atoms with Gasteiger partial charge in [0.25, 0.3) is 0 Å². The zero-order valence-corrected chi connectivity index (χ0v) is 10.4. The van der Waals surface area contributed by atoms with E-state index < -0.39 is 0 Å². The molecule has 0 bridgehead atoms. The van der Waals surface area contributed by atoms with Crippen molar-refractivity contribution in [2.75, 3.05) is 7.11 Å². The molecule has 2 aromatic rings. The number of hydrogen-bond donors (Lipinski definition) is 1. The van der Waals surface area contributed by atoms with E-state index in [0.717, 1.165) is 16.9 Å². The van der Waals surface area contributed by atoms with E-state index in [1.807, 2.05) is 29.0 Å². The second-order valence-electron chi connectivity index (χ2n) is 3.42. The number of benzene rings is 1. The minimum atomic E-state index is -0.195. The summed E-state index contributed by atoms with van der Waals surface area (Å²) in [6.07, 6.45) is 0. The van der Waals surface area contributed by atoms with Gasteiger partial charge in [-0.3, -0.25) is 0 Å². The molecule has 2 N–H and O–H groups in total. The van der Waals surface area contributed by atoms with Crippen LogP contribution < -0.4 is 10.5 Å². The number of rotatable bonds is 3. The Balaban J connectivity index is 2.42. The lowest BCUT2D eigenvalue weighted by atomic mass is 10.0. The first kappa shape index (κ1) is 11.5. The Morgan fingerprint density at radius 3 is 2.81 bits per heavy atom. The summed E-state index contributed by atoms with van der Waals surface area (Å²) in [5.74, 6) is 0.767. The maximum atomic E-state index is 6.17. The molecule has 0 amide bonds. The van der Waals surface area contributed by atoms with E-state index in [1.54, 1.807) is 24.5 Å². The minimum absolute atomic E-state index is 0.195. The summed E-state index contributed by atoms with van der Waals surface area (Å²) >= 11 is 7.60. The first-order chi connectivity index (χ1) is 7.72. The number of nitrogens with two attached hydrogens (primary N) is 1. The van der Waals surface area contributed by atoms with Gasteiger partial charge in [0.2, 0.25) is 0 Å². The van der Waals surface area contributed by atoms with E-state index in [4.69, 9.17) is 22.1 Å². The maximum absolute atomic E-state index is 6.17. The molecule has 4 heteroatoms. The molecule has 0 unspecified atom stereocenters. The van der Waals surface area contributed by atoms with Crippen molar-refractivity contribution in [3.63, 3.8) is 0 Å². The Bertz CT molecular complexity index is 470. The summed E-state index contributed by atoms with van der Waals surface area (Å²) in [6.45, 7) is 0. The molecule has 2 nitrogen and oxygen atoms in total. The number of hydrogen-bond acceptors (Lipinski definition) is 3. The molecule has 0 radical (unpaired) electrons. The molecule has 1 aromatic carbocycles. The van der Waals surface area contributed by atoms with Gasteiger partial charge in [0.05, 0.1) is 13.2 Å². The molecule has 0 aliphatic heterocycles. The van der Waals surface area contributed by atoms with Crippen LogP contribution in [-0.4, -0.2) is 7.11 Å². The van der Waals surface area contributed by atoms with Crippen molar-refractivity contribution in [2.45, 2.75) is 6.04 Å². The van der Waals surface area contributed by atoms with Crippen LogP contribution in [-0.2, 0) is 0 Å². The summed E-state index contributed by atoms with van der Waals surface area (Å²) in [7, 11) is 1.63. The van der Waals surface area contributed by atoms with Gasteiger partial charge >= 0.3 is 0 Å². The molecule has 0 fully saturated rings. The monoisotopic (exact) mass is 253 g/mol. The van der Waals surface area contributed by atoms with Crippen molar-refractivity contribution in [3.05, 3.63) is 51.2 Å². The van der Waals surface area contributed by atoms with Crippen LogP contribution in [0.5, 0.6) is 5.75 Å². The molecule has 1 atom stereocenters. The first-order valence-corrected chi connectivity index (χ1v) is 6.15. The smallest absolute Gasteiger partial charge is 0.124 e. The molecule has 1 heterocycles. The van der Waals surface area contributed by atoms with Crippen molar-refractivity contribution in [2.24, 2.45) is 5.73 Å². The molecular weight excluding hydrogens is 242 g/mol. The van der Waals surface area contributed by atoms with Crippen LogP contribution in [0.1, 0.15) is 17.2 Å². The highest BCUT2D eigenvalue weighted by molar-refractivity contribution is 7.08. The van der Waals surface area contributed by atoms with Gasteiger partial charge in [0.15, 0.2) is 0 Å². The number of thiophene rings is 1. The van der Waals surface area contributed by atoms with Gasteiger partial charge in [-0.05, 0) is 40.6 Å². The van der Waals surface area contributed by atoms with Gasteiger partial charge in [-0.1, -0.05) is 11.6 Å². The topological polar surface area (TPSA) is 35.2 Å². The molecule has 0 spiro atoms. The first-order valence-electron chi connectivity index (χ1n) is 4.83. The average molecular weight is 254 g/mol. The number of ether oxygens (including phenoxy) is 1. The molecule has 84 valence electrons. The molecule has 16 heavy (non-hydrogen) atoms. The SMILES string of the molecule is COc1ccc(Cl)cc1[C@H](N)c1ccsc1. The van der Waals surface area contributed by atoms with Gasteiger partial charge in [0, 0.05) is 10.6 Å². The predicted octanol–water partition coefficient (Wildman–Crippen LogP) is 3.46. The Morgan fingerprint density at radius 2 is 2.19 bits per heavy atom. The highest BCUT2D eigenvalue weighted by Crippen LogP contribution is 2.31. The van der Waals surface area contributed by atoms with E-state index in [9.17, 15) is 0 Å². The Hall–Kier alpha value is -1.03. The van der Waals surface area contributed by atoms with Crippen molar-refractivity contribution in [1.29, 1.82) is 0 Å². The molecule has 0 saturated heterocycles. The summed E-state index contributed by atoms with van der Waals surface area (Å²) < 4.78 is 5.28. The molecule has 2 rings (SSSR count). The van der Waals surface area contributed by atoms with Crippen LogP contribution in [0.3, 0.4) is 0 Å². The third-order valence-corrected chi connectivity index (χ3v) is 3.37. The second-order valence-corrected chi connectivity index (χ2v) is 4.64. The van der Waals surface area contributed by atoms with Gasteiger partial charge < -0.3 is 10.5 Å². The van der Waals surface area contributed by atoms with Crippen LogP contribution in [0, 0.1) is 0 Å². The molecular formula is C12H12ClNOS.